The molecule has 2 unspecified atom stereocenters. The fourth-order valence-corrected chi connectivity index (χ4v) is 2.79. The van der Waals surface area contributed by atoms with Crippen molar-refractivity contribution in [2.45, 2.75) is 18.6 Å². The molecule has 0 amide bonds. The van der Waals surface area contributed by atoms with Gasteiger partial charge in [-0.25, -0.2) is 0 Å². The largest absolute Gasteiger partial charge is 0.503 e. The van der Waals surface area contributed by atoms with Crippen LogP contribution in [0.1, 0.15) is 18.2 Å². The maximum absolute atomic E-state index is 11.9. The second-order valence-electron chi connectivity index (χ2n) is 5.66. The average molecular weight is 325 g/mol. The standard InChI is InChI=1S/C19H19NO4/c1-24-15-9-5-6-13(10-15)19(23)16-11-17(21)18(22)12-20(16)14-7-3-2-4-8-14/h2-9,11-12,15,19,22-23H,10H2,1H3. The number of aromatic hydroxyl groups is 1. The molecule has 1 aliphatic rings. The van der Waals surface area contributed by atoms with Gasteiger partial charge in [0.15, 0.2) is 5.75 Å². The van der Waals surface area contributed by atoms with Crippen LogP contribution in [0.5, 0.6) is 5.75 Å². The van der Waals surface area contributed by atoms with Crippen LogP contribution >= 0.6 is 0 Å². The zero-order valence-electron chi connectivity index (χ0n) is 13.3. The Morgan fingerprint density at radius 3 is 2.75 bits per heavy atom. The van der Waals surface area contributed by atoms with Crippen molar-refractivity contribution in [1.82, 2.24) is 4.57 Å². The maximum Gasteiger partial charge on any atom is 0.223 e. The summed E-state index contributed by atoms with van der Waals surface area (Å²) in [6.07, 6.45) is 6.38. The molecule has 1 aromatic heterocycles. The molecule has 1 aliphatic carbocycles. The van der Waals surface area contributed by atoms with Gasteiger partial charge in [0.25, 0.3) is 0 Å². The number of pyridine rings is 1. The molecule has 1 aromatic carbocycles. The van der Waals surface area contributed by atoms with Gasteiger partial charge >= 0.3 is 0 Å². The molecule has 0 spiro atoms. The van der Waals surface area contributed by atoms with Gasteiger partial charge in [0, 0.05) is 25.3 Å². The number of allylic oxidation sites excluding steroid dienone is 2. The maximum atomic E-state index is 11.9. The third-order valence-electron chi connectivity index (χ3n) is 4.10. The van der Waals surface area contributed by atoms with Crippen LogP contribution in [0.4, 0.5) is 0 Å². The number of nitrogens with zero attached hydrogens (tertiary/aromatic N) is 1. The quantitative estimate of drug-likeness (QED) is 0.906. The minimum absolute atomic E-state index is 0.103. The van der Waals surface area contributed by atoms with Crippen LogP contribution in [0.15, 0.2) is 71.2 Å². The lowest BCUT2D eigenvalue weighted by Crippen LogP contribution is -2.19. The van der Waals surface area contributed by atoms with Crippen LogP contribution in [0.2, 0.25) is 0 Å². The zero-order chi connectivity index (χ0) is 17.1. The highest BCUT2D eigenvalue weighted by Gasteiger charge is 2.22. The summed E-state index contributed by atoms with van der Waals surface area (Å²) in [5.41, 5.74) is 1.38. The van der Waals surface area contributed by atoms with E-state index in [1.54, 1.807) is 11.7 Å². The molecule has 2 aromatic rings. The number of ether oxygens (including phenoxy) is 1. The van der Waals surface area contributed by atoms with E-state index in [1.165, 1.54) is 12.3 Å². The third-order valence-corrected chi connectivity index (χ3v) is 4.10. The van der Waals surface area contributed by atoms with E-state index in [0.717, 1.165) is 11.3 Å². The van der Waals surface area contributed by atoms with Crippen molar-refractivity contribution in [2.24, 2.45) is 0 Å². The summed E-state index contributed by atoms with van der Waals surface area (Å²) in [6, 6.07) is 10.5. The molecule has 1 heterocycles. The van der Waals surface area contributed by atoms with Crippen LogP contribution in [0, 0.1) is 0 Å². The molecular formula is C19H19NO4. The number of para-hydroxylation sites is 1. The summed E-state index contributed by atoms with van der Waals surface area (Å²) in [6.45, 7) is 0. The number of aliphatic hydroxyl groups is 1. The average Bonchev–Trinajstić information content (AvgIpc) is 2.63. The number of rotatable bonds is 4. The number of aliphatic hydroxyl groups excluding tert-OH is 1. The second-order valence-corrected chi connectivity index (χ2v) is 5.66. The van der Waals surface area contributed by atoms with Crippen LogP contribution in [-0.4, -0.2) is 28.0 Å². The second kappa shape index (κ2) is 6.86. The van der Waals surface area contributed by atoms with Crippen molar-refractivity contribution >= 4 is 0 Å². The molecule has 0 saturated heterocycles. The lowest BCUT2D eigenvalue weighted by atomic mass is 9.95. The lowest BCUT2D eigenvalue weighted by molar-refractivity contribution is 0.126. The SMILES string of the molecule is COC1C=CC=C(C(O)c2cc(=O)c(O)cn2-c2ccccc2)C1. The molecule has 5 heteroatoms. The zero-order valence-corrected chi connectivity index (χ0v) is 13.3. The lowest BCUT2D eigenvalue weighted by Gasteiger charge is -2.24. The monoisotopic (exact) mass is 325 g/mol. The molecule has 3 rings (SSSR count). The number of aromatic nitrogens is 1. The van der Waals surface area contributed by atoms with Crippen LogP contribution < -0.4 is 5.43 Å². The van der Waals surface area contributed by atoms with E-state index in [4.69, 9.17) is 4.74 Å². The molecule has 124 valence electrons. The van der Waals surface area contributed by atoms with Gasteiger partial charge in [-0.2, -0.15) is 0 Å². The topological polar surface area (TPSA) is 71.7 Å². The van der Waals surface area contributed by atoms with Crippen molar-refractivity contribution in [3.8, 4) is 11.4 Å². The van der Waals surface area contributed by atoms with Gasteiger partial charge < -0.3 is 19.5 Å². The van der Waals surface area contributed by atoms with E-state index in [1.807, 2.05) is 48.6 Å². The molecule has 0 aliphatic heterocycles. The highest BCUT2D eigenvalue weighted by atomic mass is 16.5. The molecular weight excluding hydrogens is 306 g/mol. The van der Waals surface area contributed by atoms with Crippen molar-refractivity contribution in [3.63, 3.8) is 0 Å². The van der Waals surface area contributed by atoms with Gasteiger partial charge in [0.2, 0.25) is 5.43 Å². The number of hydrogen-bond acceptors (Lipinski definition) is 4. The van der Waals surface area contributed by atoms with E-state index in [2.05, 4.69) is 0 Å². The third kappa shape index (κ3) is 3.18. The van der Waals surface area contributed by atoms with E-state index in [-0.39, 0.29) is 11.9 Å². The normalized spacial score (nSPS) is 18.2. The number of hydrogen-bond donors (Lipinski definition) is 2. The Bertz CT molecular complexity index is 836. The summed E-state index contributed by atoms with van der Waals surface area (Å²) in [4.78, 5) is 11.9. The Morgan fingerprint density at radius 2 is 2.04 bits per heavy atom. The molecule has 5 nitrogen and oxygen atoms in total. The van der Waals surface area contributed by atoms with Crippen LogP contribution in [-0.2, 0) is 4.74 Å². The molecule has 0 bridgehead atoms. The van der Waals surface area contributed by atoms with Gasteiger partial charge in [0.05, 0.1) is 18.0 Å². The van der Waals surface area contributed by atoms with Crippen LogP contribution in [0.3, 0.4) is 0 Å². The molecule has 0 radical (unpaired) electrons. The van der Waals surface area contributed by atoms with Gasteiger partial charge in [-0.1, -0.05) is 36.4 Å². The Hall–Kier alpha value is -2.63. The number of methoxy groups -OCH3 is 1. The highest BCUT2D eigenvalue weighted by Crippen LogP contribution is 2.30. The summed E-state index contributed by atoms with van der Waals surface area (Å²) < 4.78 is 6.95. The fourth-order valence-electron chi connectivity index (χ4n) is 2.79. The summed E-state index contributed by atoms with van der Waals surface area (Å²) >= 11 is 0. The van der Waals surface area contributed by atoms with Gasteiger partial charge in [-0.05, 0) is 17.7 Å². The first-order valence-electron chi connectivity index (χ1n) is 7.69. The Balaban J connectivity index is 2.07. The van der Waals surface area contributed by atoms with Gasteiger partial charge in [-0.15, -0.1) is 0 Å². The van der Waals surface area contributed by atoms with E-state index >= 15 is 0 Å². The predicted molar refractivity (Wildman–Crippen MR) is 91.3 cm³/mol. The first-order chi connectivity index (χ1) is 11.6. The molecule has 2 N–H and O–H groups in total. The fraction of sp³-hybridized carbons (Fsp3) is 0.211. The Labute approximate surface area is 139 Å². The van der Waals surface area contributed by atoms with E-state index in [0.29, 0.717) is 12.1 Å². The Morgan fingerprint density at radius 1 is 1.29 bits per heavy atom. The van der Waals surface area contributed by atoms with Crippen molar-refractivity contribution in [1.29, 1.82) is 0 Å². The van der Waals surface area contributed by atoms with Crippen molar-refractivity contribution in [3.05, 3.63) is 82.3 Å². The van der Waals surface area contributed by atoms with Gasteiger partial charge in [0.1, 0.15) is 6.10 Å². The van der Waals surface area contributed by atoms with E-state index in [9.17, 15) is 15.0 Å². The van der Waals surface area contributed by atoms with Crippen molar-refractivity contribution in [2.75, 3.05) is 7.11 Å². The molecule has 0 saturated carbocycles. The number of benzene rings is 1. The summed E-state index contributed by atoms with van der Waals surface area (Å²) in [7, 11) is 1.62. The smallest absolute Gasteiger partial charge is 0.223 e. The van der Waals surface area contributed by atoms with Gasteiger partial charge in [-0.3, -0.25) is 4.79 Å². The summed E-state index contributed by atoms with van der Waals surface area (Å²) in [5, 5.41) is 20.6. The minimum atomic E-state index is -0.971. The minimum Gasteiger partial charge on any atom is -0.503 e. The van der Waals surface area contributed by atoms with Crippen molar-refractivity contribution < 1.29 is 14.9 Å². The predicted octanol–water partition coefficient (Wildman–Crippen LogP) is 2.48. The Kier molecular flexibility index (Phi) is 4.64. The first-order valence-corrected chi connectivity index (χ1v) is 7.69. The highest BCUT2D eigenvalue weighted by molar-refractivity contribution is 5.40. The molecule has 24 heavy (non-hydrogen) atoms. The molecule has 2 atom stereocenters. The van der Waals surface area contributed by atoms with Crippen LogP contribution in [0.25, 0.3) is 5.69 Å². The summed E-state index contributed by atoms with van der Waals surface area (Å²) in [5.74, 6) is -0.359. The first kappa shape index (κ1) is 16.2. The van der Waals surface area contributed by atoms with E-state index < -0.39 is 11.5 Å². The molecule has 0 fully saturated rings.